The molecule has 0 amide bonds. The van der Waals surface area contributed by atoms with Crippen LogP contribution in [-0.2, 0) is 9.22 Å². The van der Waals surface area contributed by atoms with E-state index in [1.54, 1.807) is 7.11 Å². The zero-order valence-corrected chi connectivity index (χ0v) is 12.6. The summed E-state index contributed by atoms with van der Waals surface area (Å²) in [4.78, 5) is 11.3. The molecule has 4 heteroatoms. The second kappa shape index (κ2) is 5.86. The quantitative estimate of drug-likeness (QED) is 0.464. The lowest BCUT2D eigenvalue weighted by Crippen LogP contribution is -2.24. The Hall–Kier alpha value is -1.55. The molecule has 0 saturated heterocycles. The molecule has 0 aliphatic rings. The normalized spacial score (nSPS) is 12.2. The third-order valence-electron chi connectivity index (χ3n) is 2.12. The van der Waals surface area contributed by atoms with Crippen LogP contribution in [0.3, 0.4) is 0 Å². The fourth-order valence-electron chi connectivity index (χ4n) is 1.52. The van der Waals surface area contributed by atoms with Crippen molar-refractivity contribution in [1.82, 2.24) is 0 Å². The molecule has 1 rings (SSSR count). The van der Waals surface area contributed by atoms with Crippen LogP contribution in [0.2, 0.25) is 19.6 Å². The van der Waals surface area contributed by atoms with Crippen molar-refractivity contribution >= 4 is 19.9 Å². The molecule has 0 bridgehead atoms. The molecule has 0 N–H and O–H groups in total. The first kappa shape index (κ1) is 14.5. The van der Waals surface area contributed by atoms with Crippen LogP contribution in [0, 0.1) is 0 Å². The number of allylic oxidation sites excluding steroid dienone is 1. The largest absolute Gasteiger partial charge is 0.544 e. The highest BCUT2D eigenvalue weighted by Gasteiger charge is 2.20. The number of carbonyl (C=O) groups is 1. The summed E-state index contributed by atoms with van der Waals surface area (Å²) in [7, 11) is -0.172. The standard InChI is InChI=1S/C14H20O3Si/c1-11(15)10-14(17-18(3,4)5)12-8-6-7-9-13(12)16-2/h6-10H,1-5H3/b14-10-. The molecule has 0 unspecified atom stereocenters. The van der Waals surface area contributed by atoms with Gasteiger partial charge in [-0.3, -0.25) is 4.79 Å². The molecule has 0 aromatic heterocycles. The van der Waals surface area contributed by atoms with Crippen LogP contribution >= 0.6 is 0 Å². The lowest BCUT2D eigenvalue weighted by molar-refractivity contribution is -0.112. The molecule has 0 aliphatic heterocycles. The molecule has 0 heterocycles. The molecule has 0 atom stereocenters. The van der Waals surface area contributed by atoms with E-state index in [2.05, 4.69) is 19.6 Å². The highest BCUT2D eigenvalue weighted by atomic mass is 28.4. The summed E-state index contributed by atoms with van der Waals surface area (Å²) < 4.78 is 11.3. The number of hydrogen-bond donors (Lipinski definition) is 0. The van der Waals surface area contributed by atoms with Crippen LogP contribution in [0.1, 0.15) is 12.5 Å². The van der Waals surface area contributed by atoms with E-state index in [-0.39, 0.29) is 5.78 Å². The zero-order valence-electron chi connectivity index (χ0n) is 11.6. The van der Waals surface area contributed by atoms with Gasteiger partial charge in [0.2, 0.25) is 8.32 Å². The molecular formula is C14H20O3Si. The molecular weight excluding hydrogens is 244 g/mol. The molecule has 0 spiro atoms. The van der Waals surface area contributed by atoms with E-state index < -0.39 is 8.32 Å². The average molecular weight is 264 g/mol. The van der Waals surface area contributed by atoms with Gasteiger partial charge in [0, 0.05) is 6.08 Å². The number of ketones is 1. The van der Waals surface area contributed by atoms with Gasteiger partial charge in [0.1, 0.15) is 11.5 Å². The Bertz CT molecular complexity index is 458. The maximum Gasteiger partial charge on any atom is 0.242 e. The average Bonchev–Trinajstić information content (AvgIpc) is 2.25. The summed E-state index contributed by atoms with van der Waals surface area (Å²) in [6.07, 6.45) is 1.52. The molecule has 1 aromatic rings. The smallest absolute Gasteiger partial charge is 0.242 e. The summed E-state index contributed by atoms with van der Waals surface area (Å²) in [6, 6.07) is 7.55. The van der Waals surface area contributed by atoms with Gasteiger partial charge in [-0.2, -0.15) is 0 Å². The first-order chi connectivity index (χ1) is 8.33. The van der Waals surface area contributed by atoms with Crippen LogP contribution in [-0.4, -0.2) is 21.2 Å². The number of hydrogen-bond acceptors (Lipinski definition) is 3. The van der Waals surface area contributed by atoms with Crippen molar-refractivity contribution in [3.8, 4) is 5.75 Å². The van der Waals surface area contributed by atoms with Crippen LogP contribution < -0.4 is 4.74 Å². The van der Waals surface area contributed by atoms with Crippen molar-refractivity contribution in [2.45, 2.75) is 26.6 Å². The monoisotopic (exact) mass is 264 g/mol. The molecule has 1 aromatic carbocycles. The van der Waals surface area contributed by atoms with Crippen LogP contribution in [0.4, 0.5) is 0 Å². The van der Waals surface area contributed by atoms with Gasteiger partial charge in [0.15, 0.2) is 5.78 Å². The van der Waals surface area contributed by atoms with E-state index in [4.69, 9.17) is 9.16 Å². The summed E-state index contributed by atoms with van der Waals surface area (Å²) in [5.74, 6) is 1.27. The topological polar surface area (TPSA) is 35.5 Å². The highest BCUT2D eigenvalue weighted by molar-refractivity contribution is 6.70. The van der Waals surface area contributed by atoms with Crippen LogP contribution in [0.5, 0.6) is 5.75 Å². The Balaban J connectivity index is 3.22. The fourth-order valence-corrected chi connectivity index (χ4v) is 2.35. The third-order valence-corrected chi connectivity index (χ3v) is 2.96. The van der Waals surface area contributed by atoms with Crippen molar-refractivity contribution < 1.29 is 14.0 Å². The maximum absolute atomic E-state index is 11.3. The number of para-hydroxylation sites is 1. The Morgan fingerprint density at radius 3 is 2.33 bits per heavy atom. The first-order valence-electron chi connectivity index (χ1n) is 5.88. The van der Waals surface area contributed by atoms with Gasteiger partial charge in [0.25, 0.3) is 0 Å². The number of rotatable bonds is 5. The van der Waals surface area contributed by atoms with Gasteiger partial charge in [-0.05, 0) is 38.7 Å². The van der Waals surface area contributed by atoms with Crippen molar-refractivity contribution in [2.24, 2.45) is 0 Å². The summed E-state index contributed by atoms with van der Waals surface area (Å²) in [5.41, 5.74) is 0.817. The summed E-state index contributed by atoms with van der Waals surface area (Å²) >= 11 is 0. The SMILES string of the molecule is COc1ccccc1/C(=C/C(C)=O)O[Si](C)(C)C. The highest BCUT2D eigenvalue weighted by Crippen LogP contribution is 2.28. The lowest BCUT2D eigenvalue weighted by Gasteiger charge is -2.23. The van der Waals surface area contributed by atoms with Gasteiger partial charge < -0.3 is 9.16 Å². The van der Waals surface area contributed by atoms with Crippen molar-refractivity contribution in [3.63, 3.8) is 0 Å². The van der Waals surface area contributed by atoms with Crippen molar-refractivity contribution in [1.29, 1.82) is 0 Å². The Morgan fingerprint density at radius 2 is 1.83 bits per heavy atom. The zero-order chi connectivity index (χ0) is 13.8. The Labute approximate surface area is 110 Å². The fraction of sp³-hybridized carbons (Fsp3) is 0.357. The minimum Gasteiger partial charge on any atom is -0.544 e. The van der Waals surface area contributed by atoms with Crippen LogP contribution in [0.15, 0.2) is 30.3 Å². The second-order valence-corrected chi connectivity index (χ2v) is 9.46. The van der Waals surface area contributed by atoms with E-state index in [1.165, 1.54) is 13.0 Å². The minimum atomic E-state index is -1.78. The number of ether oxygens (including phenoxy) is 1. The molecule has 0 saturated carbocycles. The summed E-state index contributed by atoms with van der Waals surface area (Å²) in [6.45, 7) is 7.76. The molecule has 0 fully saturated rings. The second-order valence-electron chi connectivity index (χ2n) is 5.03. The van der Waals surface area contributed by atoms with E-state index in [0.717, 1.165) is 5.56 Å². The van der Waals surface area contributed by atoms with Gasteiger partial charge in [-0.25, -0.2) is 0 Å². The number of carbonyl (C=O) groups excluding carboxylic acids is 1. The minimum absolute atomic E-state index is 0.0332. The lowest BCUT2D eigenvalue weighted by atomic mass is 10.1. The van der Waals surface area contributed by atoms with Gasteiger partial charge in [-0.1, -0.05) is 12.1 Å². The van der Waals surface area contributed by atoms with E-state index >= 15 is 0 Å². The molecule has 0 aliphatic carbocycles. The number of methoxy groups -OCH3 is 1. The summed E-state index contributed by atoms with van der Waals surface area (Å²) in [5, 5.41) is 0. The van der Waals surface area contributed by atoms with Gasteiger partial charge in [0.05, 0.1) is 12.7 Å². The predicted octanol–water partition coefficient (Wildman–Crippen LogP) is 3.48. The third kappa shape index (κ3) is 4.37. The molecule has 98 valence electrons. The first-order valence-corrected chi connectivity index (χ1v) is 9.29. The van der Waals surface area contributed by atoms with Crippen LogP contribution in [0.25, 0.3) is 5.76 Å². The van der Waals surface area contributed by atoms with Crippen molar-refractivity contribution in [3.05, 3.63) is 35.9 Å². The van der Waals surface area contributed by atoms with E-state index in [1.807, 2.05) is 24.3 Å². The number of benzene rings is 1. The molecule has 0 radical (unpaired) electrons. The Morgan fingerprint density at radius 1 is 1.22 bits per heavy atom. The molecule has 18 heavy (non-hydrogen) atoms. The van der Waals surface area contributed by atoms with Crippen molar-refractivity contribution in [2.75, 3.05) is 7.11 Å². The maximum atomic E-state index is 11.3. The van der Waals surface area contributed by atoms with Gasteiger partial charge >= 0.3 is 0 Å². The van der Waals surface area contributed by atoms with Gasteiger partial charge in [-0.15, -0.1) is 0 Å². The predicted molar refractivity (Wildman–Crippen MR) is 76.1 cm³/mol. The Kier molecular flexibility index (Phi) is 4.73. The van der Waals surface area contributed by atoms with E-state index in [0.29, 0.717) is 11.5 Å². The van der Waals surface area contributed by atoms with E-state index in [9.17, 15) is 4.79 Å². The molecule has 3 nitrogen and oxygen atoms in total.